The van der Waals surface area contributed by atoms with Crippen LogP contribution in [0.25, 0.3) is 11.0 Å². The van der Waals surface area contributed by atoms with Gasteiger partial charge in [-0.15, -0.1) is 0 Å². The van der Waals surface area contributed by atoms with Crippen molar-refractivity contribution in [2.75, 3.05) is 11.5 Å². The van der Waals surface area contributed by atoms with Crippen LogP contribution in [0.3, 0.4) is 0 Å². The van der Waals surface area contributed by atoms with Crippen LogP contribution in [0.1, 0.15) is 30.0 Å². The van der Waals surface area contributed by atoms with Gasteiger partial charge in [-0.3, -0.25) is 4.79 Å². The number of furan rings is 1. The number of rotatable bonds is 3. The van der Waals surface area contributed by atoms with E-state index in [-0.39, 0.29) is 23.8 Å². The van der Waals surface area contributed by atoms with Gasteiger partial charge in [-0.1, -0.05) is 12.1 Å². The van der Waals surface area contributed by atoms with Crippen LogP contribution in [0.2, 0.25) is 0 Å². The quantitative estimate of drug-likeness (QED) is 0.933. The number of fused-ring (bicyclic) bond motifs is 1. The number of hydrogen-bond acceptors (Lipinski definition) is 4. The van der Waals surface area contributed by atoms with Crippen molar-refractivity contribution in [3.63, 3.8) is 0 Å². The number of benzene rings is 1. The van der Waals surface area contributed by atoms with E-state index in [0.29, 0.717) is 6.42 Å². The molecule has 0 aliphatic carbocycles. The van der Waals surface area contributed by atoms with Crippen LogP contribution in [0.5, 0.6) is 0 Å². The van der Waals surface area contributed by atoms with E-state index in [2.05, 4.69) is 5.32 Å². The molecule has 6 heteroatoms. The van der Waals surface area contributed by atoms with Crippen molar-refractivity contribution in [1.29, 1.82) is 0 Å². The molecule has 1 aliphatic rings. The lowest BCUT2D eigenvalue weighted by Crippen LogP contribution is -2.47. The van der Waals surface area contributed by atoms with Gasteiger partial charge in [0.15, 0.2) is 9.84 Å². The molecule has 1 aromatic heterocycles. The predicted octanol–water partition coefficient (Wildman–Crippen LogP) is 2.29. The van der Waals surface area contributed by atoms with E-state index in [0.717, 1.165) is 27.7 Å². The Morgan fingerprint density at radius 3 is 2.74 bits per heavy atom. The van der Waals surface area contributed by atoms with Crippen LogP contribution in [0.4, 0.5) is 0 Å². The van der Waals surface area contributed by atoms with Gasteiger partial charge in [-0.05, 0) is 38.3 Å². The lowest BCUT2D eigenvalue weighted by Gasteiger charge is -2.23. The molecule has 2 heterocycles. The number of amides is 1. The summed E-state index contributed by atoms with van der Waals surface area (Å²) >= 11 is 0. The average Bonchev–Trinajstić information content (AvgIpc) is 2.95. The molecule has 3 rings (SSSR count). The Hall–Kier alpha value is -1.82. The summed E-state index contributed by atoms with van der Waals surface area (Å²) in [6.07, 6.45) is 2.26. The third kappa shape index (κ3) is 3.13. The number of sulfone groups is 1. The molecule has 1 aliphatic heterocycles. The first-order valence-corrected chi connectivity index (χ1v) is 9.49. The first-order chi connectivity index (χ1) is 10.7. The molecule has 0 saturated carbocycles. The zero-order valence-corrected chi connectivity index (χ0v) is 14.4. The fraction of sp³-hybridized carbons (Fsp3) is 0.471. The van der Waals surface area contributed by atoms with Crippen LogP contribution in [0, 0.1) is 13.8 Å². The summed E-state index contributed by atoms with van der Waals surface area (Å²) in [6.45, 7) is 5.80. The van der Waals surface area contributed by atoms with Crippen molar-refractivity contribution in [2.24, 2.45) is 0 Å². The van der Waals surface area contributed by atoms with Crippen molar-refractivity contribution in [3.8, 4) is 0 Å². The topological polar surface area (TPSA) is 76.4 Å². The highest BCUT2D eigenvalue weighted by Gasteiger charge is 2.39. The van der Waals surface area contributed by atoms with Crippen molar-refractivity contribution in [3.05, 3.63) is 35.1 Å². The van der Waals surface area contributed by atoms with Crippen LogP contribution in [-0.4, -0.2) is 31.4 Å². The number of aryl methyl sites for hydroxylation is 2. The molecule has 1 amide bonds. The van der Waals surface area contributed by atoms with E-state index in [1.165, 1.54) is 0 Å². The van der Waals surface area contributed by atoms with Gasteiger partial charge in [0.1, 0.15) is 5.58 Å². The second-order valence-corrected chi connectivity index (χ2v) is 8.96. The van der Waals surface area contributed by atoms with E-state index >= 15 is 0 Å². The van der Waals surface area contributed by atoms with E-state index in [1.54, 1.807) is 13.2 Å². The minimum absolute atomic E-state index is 0.0101. The minimum Gasteiger partial charge on any atom is -0.464 e. The smallest absolute Gasteiger partial charge is 0.225 e. The van der Waals surface area contributed by atoms with E-state index < -0.39 is 15.4 Å². The van der Waals surface area contributed by atoms with Gasteiger partial charge in [-0.2, -0.15) is 0 Å². The third-order valence-electron chi connectivity index (χ3n) is 4.64. The standard InChI is InChI=1S/C17H21NO4S/c1-11-4-5-14-13(9-22-16(14)12(11)2)8-15(19)18-17(3)6-7-23(20,21)10-17/h4-5,9H,6-8,10H2,1-3H3,(H,18,19)/t17-/m1/s1. The number of carbonyl (C=O) groups excluding carboxylic acids is 1. The van der Waals surface area contributed by atoms with E-state index in [9.17, 15) is 13.2 Å². The Labute approximate surface area is 136 Å². The average molecular weight is 335 g/mol. The Kier molecular flexibility index (Phi) is 3.75. The molecule has 0 spiro atoms. The Balaban J connectivity index is 1.78. The Bertz CT molecular complexity index is 881. The molecule has 23 heavy (non-hydrogen) atoms. The van der Waals surface area contributed by atoms with Gasteiger partial charge >= 0.3 is 0 Å². The van der Waals surface area contributed by atoms with E-state index in [1.807, 2.05) is 26.0 Å². The Morgan fingerprint density at radius 1 is 1.35 bits per heavy atom. The molecule has 0 radical (unpaired) electrons. The van der Waals surface area contributed by atoms with Gasteiger partial charge in [-0.25, -0.2) is 8.42 Å². The summed E-state index contributed by atoms with van der Waals surface area (Å²) in [6, 6.07) is 3.98. The number of carbonyl (C=O) groups is 1. The molecule has 1 aromatic carbocycles. The molecular formula is C17H21NO4S. The highest BCUT2D eigenvalue weighted by atomic mass is 32.2. The van der Waals surface area contributed by atoms with Crippen molar-refractivity contribution in [2.45, 2.75) is 39.2 Å². The molecule has 2 aromatic rings. The zero-order valence-electron chi connectivity index (χ0n) is 13.6. The zero-order chi connectivity index (χ0) is 16.8. The number of nitrogens with one attached hydrogen (secondary N) is 1. The summed E-state index contributed by atoms with van der Waals surface area (Å²) < 4.78 is 28.9. The van der Waals surface area contributed by atoms with Gasteiger partial charge in [0.05, 0.1) is 29.7 Å². The lowest BCUT2D eigenvalue weighted by molar-refractivity contribution is -0.121. The molecule has 124 valence electrons. The number of hydrogen-bond donors (Lipinski definition) is 1. The maximum atomic E-state index is 12.3. The molecular weight excluding hydrogens is 314 g/mol. The first kappa shape index (κ1) is 16.1. The minimum atomic E-state index is -3.04. The second-order valence-electron chi connectivity index (χ2n) is 6.77. The molecule has 0 bridgehead atoms. The third-order valence-corrected chi connectivity index (χ3v) is 6.54. The largest absolute Gasteiger partial charge is 0.464 e. The highest BCUT2D eigenvalue weighted by Crippen LogP contribution is 2.27. The Morgan fingerprint density at radius 2 is 2.09 bits per heavy atom. The molecule has 1 saturated heterocycles. The normalized spacial score (nSPS) is 23.3. The molecule has 1 fully saturated rings. The summed E-state index contributed by atoms with van der Waals surface area (Å²) in [7, 11) is -3.04. The fourth-order valence-electron chi connectivity index (χ4n) is 3.19. The molecule has 1 atom stereocenters. The van der Waals surface area contributed by atoms with Gasteiger partial charge in [0, 0.05) is 10.9 Å². The van der Waals surface area contributed by atoms with Crippen molar-refractivity contribution in [1.82, 2.24) is 5.32 Å². The van der Waals surface area contributed by atoms with Crippen LogP contribution in [0.15, 0.2) is 22.8 Å². The molecule has 5 nitrogen and oxygen atoms in total. The van der Waals surface area contributed by atoms with Crippen molar-refractivity contribution < 1.29 is 17.6 Å². The van der Waals surface area contributed by atoms with Crippen LogP contribution >= 0.6 is 0 Å². The summed E-state index contributed by atoms with van der Waals surface area (Å²) in [5, 5.41) is 3.82. The van der Waals surface area contributed by atoms with E-state index in [4.69, 9.17) is 4.42 Å². The molecule has 1 N–H and O–H groups in total. The van der Waals surface area contributed by atoms with Gasteiger partial charge in [0.2, 0.25) is 5.91 Å². The van der Waals surface area contributed by atoms with Crippen LogP contribution < -0.4 is 5.32 Å². The lowest BCUT2D eigenvalue weighted by atomic mass is 10.0. The maximum absolute atomic E-state index is 12.3. The first-order valence-electron chi connectivity index (χ1n) is 7.67. The van der Waals surface area contributed by atoms with Crippen LogP contribution in [-0.2, 0) is 21.1 Å². The van der Waals surface area contributed by atoms with Crippen molar-refractivity contribution >= 4 is 26.7 Å². The van der Waals surface area contributed by atoms with Gasteiger partial charge < -0.3 is 9.73 Å². The SMILES string of the molecule is Cc1ccc2c(CC(=O)N[C@]3(C)CCS(=O)(=O)C3)coc2c1C. The predicted molar refractivity (Wildman–Crippen MR) is 89.2 cm³/mol. The highest BCUT2D eigenvalue weighted by molar-refractivity contribution is 7.91. The fourth-order valence-corrected chi connectivity index (χ4v) is 5.28. The van der Waals surface area contributed by atoms with Gasteiger partial charge in [0.25, 0.3) is 0 Å². The maximum Gasteiger partial charge on any atom is 0.225 e. The summed E-state index contributed by atoms with van der Waals surface area (Å²) in [4.78, 5) is 12.3. The summed E-state index contributed by atoms with van der Waals surface area (Å²) in [5.41, 5.74) is 3.18. The summed E-state index contributed by atoms with van der Waals surface area (Å²) in [5.74, 6) is -0.0295. The second kappa shape index (κ2) is 5.37. The molecule has 0 unspecified atom stereocenters. The monoisotopic (exact) mass is 335 g/mol.